The summed E-state index contributed by atoms with van der Waals surface area (Å²) in [5.41, 5.74) is 1.83. The second kappa shape index (κ2) is 5.00. The SMILES string of the molecule is Cc1ccc(F)cc1CC(=O)C1CCCS1. The predicted molar refractivity (Wildman–Crippen MR) is 65.3 cm³/mol. The third kappa shape index (κ3) is 2.64. The fraction of sp³-hybridized carbons (Fsp3) is 0.462. The van der Waals surface area contributed by atoms with Crippen LogP contribution in [0.2, 0.25) is 0 Å². The molecule has 0 bridgehead atoms. The molecular formula is C13H15FOS. The molecule has 0 saturated carbocycles. The third-order valence-corrected chi connectivity index (χ3v) is 4.39. The van der Waals surface area contributed by atoms with Crippen molar-refractivity contribution in [1.29, 1.82) is 0 Å². The molecule has 1 fully saturated rings. The van der Waals surface area contributed by atoms with Crippen LogP contribution in [0.15, 0.2) is 18.2 Å². The third-order valence-electron chi connectivity index (χ3n) is 2.96. The Balaban J connectivity index is 2.07. The number of halogens is 1. The van der Waals surface area contributed by atoms with Gasteiger partial charge in [-0.1, -0.05) is 6.07 Å². The van der Waals surface area contributed by atoms with Crippen molar-refractivity contribution in [3.63, 3.8) is 0 Å². The molecule has 16 heavy (non-hydrogen) atoms. The first kappa shape index (κ1) is 11.6. The van der Waals surface area contributed by atoms with Gasteiger partial charge >= 0.3 is 0 Å². The molecule has 1 unspecified atom stereocenters. The number of benzene rings is 1. The van der Waals surface area contributed by atoms with Crippen LogP contribution < -0.4 is 0 Å². The van der Waals surface area contributed by atoms with E-state index >= 15 is 0 Å². The quantitative estimate of drug-likeness (QED) is 0.804. The van der Waals surface area contributed by atoms with Crippen molar-refractivity contribution in [3.05, 3.63) is 35.1 Å². The highest BCUT2D eigenvalue weighted by Gasteiger charge is 2.23. The fourth-order valence-electron chi connectivity index (χ4n) is 1.96. The van der Waals surface area contributed by atoms with E-state index in [0.29, 0.717) is 6.42 Å². The summed E-state index contributed by atoms with van der Waals surface area (Å²) in [7, 11) is 0. The van der Waals surface area contributed by atoms with Crippen LogP contribution in [-0.4, -0.2) is 16.8 Å². The predicted octanol–water partition coefficient (Wildman–Crippen LogP) is 3.14. The van der Waals surface area contributed by atoms with Crippen molar-refractivity contribution in [2.24, 2.45) is 0 Å². The largest absolute Gasteiger partial charge is 0.298 e. The molecule has 1 aliphatic heterocycles. The Bertz CT molecular complexity index is 397. The molecule has 1 aliphatic rings. The molecule has 0 aliphatic carbocycles. The highest BCUT2D eigenvalue weighted by molar-refractivity contribution is 8.00. The number of carbonyl (C=O) groups excluding carboxylic acids is 1. The molecule has 1 atom stereocenters. The van der Waals surface area contributed by atoms with E-state index in [1.165, 1.54) is 12.1 Å². The summed E-state index contributed by atoms with van der Waals surface area (Å²) >= 11 is 1.74. The maximum atomic E-state index is 13.1. The maximum absolute atomic E-state index is 13.1. The Kier molecular flexibility index (Phi) is 3.64. The molecule has 0 aromatic heterocycles. The van der Waals surface area contributed by atoms with Gasteiger partial charge in [0.15, 0.2) is 0 Å². The van der Waals surface area contributed by atoms with E-state index in [4.69, 9.17) is 0 Å². The summed E-state index contributed by atoms with van der Waals surface area (Å²) in [5.74, 6) is 1.07. The van der Waals surface area contributed by atoms with Crippen molar-refractivity contribution >= 4 is 17.5 Å². The lowest BCUT2D eigenvalue weighted by molar-refractivity contribution is -0.117. The minimum Gasteiger partial charge on any atom is -0.298 e. The average Bonchev–Trinajstić information content (AvgIpc) is 2.76. The molecule has 1 aromatic carbocycles. The summed E-state index contributed by atoms with van der Waals surface area (Å²) < 4.78 is 13.1. The molecule has 2 rings (SSSR count). The first-order valence-electron chi connectivity index (χ1n) is 5.56. The number of thioether (sulfide) groups is 1. The molecule has 0 N–H and O–H groups in total. The Hall–Kier alpha value is -0.830. The van der Waals surface area contributed by atoms with Gasteiger partial charge in [-0.2, -0.15) is 11.8 Å². The van der Waals surface area contributed by atoms with Gasteiger partial charge in [0.05, 0.1) is 5.25 Å². The normalized spacial score (nSPS) is 20.0. The van der Waals surface area contributed by atoms with Crippen LogP contribution in [0, 0.1) is 12.7 Å². The van der Waals surface area contributed by atoms with Crippen molar-refractivity contribution in [2.45, 2.75) is 31.4 Å². The van der Waals surface area contributed by atoms with Gasteiger partial charge in [-0.15, -0.1) is 0 Å². The van der Waals surface area contributed by atoms with Crippen LogP contribution in [0.3, 0.4) is 0 Å². The second-order valence-corrected chi connectivity index (χ2v) is 5.53. The lowest BCUT2D eigenvalue weighted by Crippen LogP contribution is -2.17. The average molecular weight is 238 g/mol. The van der Waals surface area contributed by atoms with E-state index in [2.05, 4.69) is 0 Å². The maximum Gasteiger partial charge on any atom is 0.150 e. The molecule has 0 radical (unpaired) electrons. The van der Waals surface area contributed by atoms with Gasteiger partial charge in [-0.3, -0.25) is 4.79 Å². The molecule has 1 aromatic rings. The van der Waals surface area contributed by atoms with Crippen LogP contribution in [0.5, 0.6) is 0 Å². The number of ketones is 1. The second-order valence-electron chi connectivity index (χ2n) is 4.22. The van der Waals surface area contributed by atoms with Crippen LogP contribution in [0.1, 0.15) is 24.0 Å². The van der Waals surface area contributed by atoms with Gasteiger partial charge in [0.25, 0.3) is 0 Å². The van der Waals surface area contributed by atoms with Crippen molar-refractivity contribution in [2.75, 3.05) is 5.75 Å². The molecule has 1 saturated heterocycles. The minimum absolute atomic E-state index is 0.141. The fourth-order valence-corrected chi connectivity index (χ4v) is 3.18. The highest BCUT2D eigenvalue weighted by Crippen LogP contribution is 2.28. The molecule has 3 heteroatoms. The number of hydrogen-bond acceptors (Lipinski definition) is 2. The van der Waals surface area contributed by atoms with E-state index in [9.17, 15) is 9.18 Å². The highest BCUT2D eigenvalue weighted by atomic mass is 32.2. The van der Waals surface area contributed by atoms with Gasteiger partial charge in [-0.25, -0.2) is 4.39 Å². The molecule has 0 spiro atoms. The lowest BCUT2D eigenvalue weighted by atomic mass is 10.0. The Labute approximate surface area is 99.4 Å². The smallest absolute Gasteiger partial charge is 0.150 e. The summed E-state index contributed by atoms with van der Waals surface area (Å²) in [6.07, 6.45) is 2.49. The molecule has 86 valence electrons. The lowest BCUT2D eigenvalue weighted by Gasteiger charge is -2.09. The van der Waals surface area contributed by atoms with E-state index in [-0.39, 0.29) is 16.9 Å². The Morgan fingerprint density at radius 3 is 3.06 bits per heavy atom. The van der Waals surface area contributed by atoms with E-state index < -0.39 is 0 Å². The van der Waals surface area contributed by atoms with E-state index in [1.54, 1.807) is 17.8 Å². The van der Waals surface area contributed by atoms with Crippen LogP contribution in [-0.2, 0) is 11.2 Å². The first-order valence-corrected chi connectivity index (χ1v) is 6.61. The van der Waals surface area contributed by atoms with Crippen molar-refractivity contribution in [1.82, 2.24) is 0 Å². The van der Waals surface area contributed by atoms with Crippen LogP contribution >= 0.6 is 11.8 Å². The summed E-state index contributed by atoms with van der Waals surface area (Å²) in [4.78, 5) is 11.9. The standard InChI is InChI=1S/C13H15FOS/c1-9-4-5-11(14)7-10(9)8-12(15)13-3-2-6-16-13/h4-5,7,13H,2-3,6,8H2,1H3. The molecular weight excluding hydrogens is 223 g/mol. The van der Waals surface area contributed by atoms with Crippen LogP contribution in [0.25, 0.3) is 0 Å². The van der Waals surface area contributed by atoms with Gasteiger partial charge in [-0.05, 0) is 48.8 Å². The Morgan fingerprint density at radius 2 is 2.38 bits per heavy atom. The summed E-state index contributed by atoms with van der Waals surface area (Å²) in [6.45, 7) is 1.92. The molecule has 1 nitrogen and oxygen atoms in total. The number of rotatable bonds is 3. The summed E-state index contributed by atoms with van der Waals surface area (Å²) in [6, 6.07) is 4.65. The first-order chi connectivity index (χ1) is 7.66. The number of carbonyl (C=O) groups is 1. The number of Topliss-reactive ketones (excluding diaryl/α,β-unsaturated/α-hetero) is 1. The topological polar surface area (TPSA) is 17.1 Å². The van der Waals surface area contributed by atoms with Gasteiger partial charge in [0.1, 0.15) is 11.6 Å². The van der Waals surface area contributed by atoms with Crippen LogP contribution in [0.4, 0.5) is 4.39 Å². The zero-order valence-electron chi connectivity index (χ0n) is 9.33. The van der Waals surface area contributed by atoms with Crippen molar-refractivity contribution in [3.8, 4) is 0 Å². The van der Waals surface area contributed by atoms with E-state index in [0.717, 1.165) is 29.7 Å². The monoisotopic (exact) mass is 238 g/mol. The number of aryl methyl sites for hydroxylation is 1. The zero-order chi connectivity index (χ0) is 11.5. The van der Waals surface area contributed by atoms with E-state index in [1.807, 2.05) is 6.92 Å². The van der Waals surface area contributed by atoms with Gasteiger partial charge in [0, 0.05) is 6.42 Å². The van der Waals surface area contributed by atoms with Gasteiger partial charge in [0.2, 0.25) is 0 Å². The minimum atomic E-state index is -0.257. The van der Waals surface area contributed by atoms with Gasteiger partial charge < -0.3 is 0 Å². The molecule has 1 heterocycles. The zero-order valence-corrected chi connectivity index (χ0v) is 10.1. The molecule has 0 amide bonds. The van der Waals surface area contributed by atoms with Crippen molar-refractivity contribution < 1.29 is 9.18 Å². The Morgan fingerprint density at radius 1 is 1.56 bits per heavy atom. The number of hydrogen-bond donors (Lipinski definition) is 0. The summed E-state index contributed by atoms with van der Waals surface area (Å²) in [5, 5.41) is 0.141.